The molecule has 2 rings (SSSR count). The van der Waals surface area contributed by atoms with Gasteiger partial charge in [-0.3, -0.25) is 9.59 Å². The van der Waals surface area contributed by atoms with Crippen LogP contribution in [0.2, 0.25) is 5.02 Å². The minimum absolute atomic E-state index is 0.104. The first-order valence-corrected chi connectivity index (χ1v) is 8.57. The van der Waals surface area contributed by atoms with Crippen molar-refractivity contribution in [3.8, 4) is 0 Å². The number of halogens is 1. The zero-order valence-corrected chi connectivity index (χ0v) is 15.5. The van der Waals surface area contributed by atoms with Gasteiger partial charge in [-0.25, -0.2) is 4.79 Å². The molecule has 0 heterocycles. The molecule has 0 spiro atoms. The highest BCUT2D eigenvalue weighted by Crippen LogP contribution is 2.16. The maximum atomic E-state index is 12.4. The molecule has 1 unspecified atom stereocenters. The number of carbonyl (C=O) groups is 3. The summed E-state index contributed by atoms with van der Waals surface area (Å²) in [6.45, 7) is 5.10. The van der Waals surface area contributed by atoms with Crippen molar-refractivity contribution < 1.29 is 19.1 Å². The van der Waals surface area contributed by atoms with Crippen LogP contribution in [0.3, 0.4) is 0 Å². The summed E-state index contributed by atoms with van der Waals surface area (Å²) in [6, 6.07) is 12.8. The van der Waals surface area contributed by atoms with Crippen molar-refractivity contribution in [1.29, 1.82) is 0 Å². The first-order chi connectivity index (χ1) is 12.3. The van der Waals surface area contributed by atoms with Crippen LogP contribution in [-0.2, 0) is 9.53 Å². The van der Waals surface area contributed by atoms with E-state index in [1.165, 1.54) is 13.0 Å². The molecular weight excluding hydrogens is 354 g/mol. The summed E-state index contributed by atoms with van der Waals surface area (Å²) in [4.78, 5) is 36.2. The summed E-state index contributed by atoms with van der Waals surface area (Å²) in [5.41, 5.74) is 1.27. The fraction of sp³-hybridized carbons (Fsp3) is 0.250. The van der Waals surface area contributed by atoms with Crippen LogP contribution in [0.5, 0.6) is 0 Å². The van der Waals surface area contributed by atoms with Crippen molar-refractivity contribution in [2.24, 2.45) is 5.92 Å². The fourth-order valence-corrected chi connectivity index (χ4v) is 2.33. The van der Waals surface area contributed by atoms with Crippen LogP contribution in [0.4, 0.5) is 5.69 Å². The Bertz CT molecular complexity index is 815. The molecule has 136 valence electrons. The monoisotopic (exact) mass is 373 g/mol. The zero-order chi connectivity index (χ0) is 19.3. The van der Waals surface area contributed by atoms with Gasteiger partial charge in [0.2, 0.25) is 11.7 Å². The van der Waals surface area contributed by atoms with Gasteiger partial charge in [-0.2, -0.15) is 0 Å². The lowest BCUT2D eigenvalue weighted by Crippen LogP contribution is -2.24. The van der Waals surface area contributed by atoms with Crippen LogP contribution < -0.4 is 5.32 Å². The third kappa shape index (κ3) is 5.17. The van der Waals surface area contributed by atoms with Crippen LogP contribution in [0, 0.1) is 5.92 Å². The Morgan fingerprint density at radius 1 is 0.962 bits per heavy atom. The number of hydrogen-bond acceptors (Lipinski definition) is 4. The summed E-state index contributed by atoms with van der Waals surface area (Å²) in [7, 11) is 0. The first kappa shape index (κ1) is 19.7. The third-order valence-electron chi connectivity index (χ3n) is 3.67. The molecule has 26 heavy (non-hydrogen) atoms. The Hall–Kier alpha value is -2.66. The van der Waals surface area contributed by atoms with E-state index in [1.54, 1.807) is 56.3 Å². The van der Waals surface area contributed by atoms with Gasteiger partial charge in [0.05, 0.1) is 5.56 Å². The Labute approximate surface area is 157 Å². The molecule has 0 fully saturated rings. The molecule has 0 saturated carbocycles. The lowest BCUT2D eigenvalue weighted by atomic mass is 10.1. The van der Waals surface area contributed by atoms with E-state index in [9.17, 15) is 14.4 Å². The van der Waals surface area contributed by atoms with Crippen molar-refractivity contribution in [1.82, 2.24) is 0 Å². The molecule has 2 aromatic rings. The second-order valence-corrected chi connectivity index (χ2v) is 6.58. The average Bonchev–Trinajstić information content (AvgIpc) is 2.61. The molecule has 0 aliphatic rings. The second-order valence-electron chi connectivity index (χ2n) is 6.14. The molecule has 0 radical (unpaired) electrons. The molecule has 0 aliphatic heterocycles. The van der Waals surface area contributed by atoms with Gasteiger partial charge in [-0.1, -0.05) is 31.5 Å². The van der Waals surface area contributed by atoms with Gasteiger partial charge >= 0.3 is 5.97 Å². The lowest BCUT2D eigenvalue weighted by molar-refractivity contribution is -0.118. The van der Waals surface area contributed by atoms with Crippen molar-refractivity contribution in [2.75, 3.05) is 5.32 Å². The molecule has 0 aromatic heterocycles. The molecule has 0 saturated heterocycles. The SMILES string of the molecule is CC(C)C(=O)Nc1ccc(C(=O)C(C)OC(=O)c2cccc(Cl)c2)cc1. The number of benzene rings is 2. The van der Waals surface area contributed by atoms with E-state index in [4.69, 9.17) is 16.3 Å². The van der Waals surface area contributed by atoms with E-state index in [0.717, 1.165) is 0 Å². The number of anilines is 1. The Morgan fingerprint density at radius 2 is 1.62 bits per heavy atom. The van der Waals surface area contributed by atoms with Crippen LogP contribution >= 0.6 is 11.6 Å². The predicted molar refractivity (Wildman–Crippen MR) is 101 cm³/mol. The van der Waals surface area contributed by atoms with Gasteiger partial charge in [0, 0.05) is 22.2 Å². The van der Waals surface area contributed by atoms with E-state index in [0.29, 0.717) is 16.3 Å². The van der Waals surface area contributed by atoms with Crippen LogP contribution in [0.15, 0.2) is 48.5 Å². The maximum absolute atomic E-state index is 12.4. The van der Waals surface area contributed by atoms with Crippen molar-refractivity contribution in [3.63, 3.8) is 0 Å². The minimum Gasteiger partial charge on any atom is -0.451 e. The smallest absolute Gasteiger partial charge is 0.338 e. The standard InChI is InChI=1S/C20H20ClNO4/c1-12(2)19(24)22-17-9-7-14(8-10-17)18(23)13(3)26-20(25)15-5-4-6-16(21)11-15/h4-13H,1-3H3,(H,22,24). The van der Waals surface area contributed by atoms with Crippen molar-refractivity contribution >= 4 is 34.9 Å². The number of rotatable bonds is 6. The second kappa shape index (κ2) is 8.63. The van der Waals surface area contributed by atoms with Crippen molar-refractivity contribution in [3.05, 3.63) is 64.7 Å². The molecule has 6 heteroatoms. The molecule has 0 bridgehead atoms. The highest BCUT2D eigenvalue weighted by molar-refractivity contribution is 6.30. The first-order valence-electron chi connectivity index (χ1n) is 8.19. The molecule has 1 N–H and O–H groups in total. The number of Topliss-reactive ketones (excluding diaryl/α,β-unsaturated/α-hetero) is 1. The Kier molecular flexibility index (Phi) is 6.52. The summed E-state index contributed by atoms with van der Waals surface area (Å²) < 4.78 is 5.22. The van der Waals surface area contributed by atoms with Crippen LogP contribution in [-0.4, -0.2) is 23.8 Å². The number of hydrogen-bond donors (Lipinski definition) is 1. The van der Waals surface area contributed by atoms with E-state index in [1.807, 2.05) is 0 Å². The van der Waals surface area contributed by atoms with Crippen LogP contribution in [0.1, 0.15) is 41.5 Å². The predicted octanol–water partition coefficient (Wildman–Crippen LogP) is 4.36. The van der Waals surface area contributed by atoms with E-state index in [2.05, 4.69) is 5.32 Å². The molecular formula is C20H20ClNO4. The lowest BCUT2D eigenvalue weighted by Gasteiger charge is -2.13. The summed E-state index contributed by atoms with van der Waals surface area (Å²) in [6.07, 6.45) is -0.947. The topological polar surface area (TPSA) is 72.5 Å². The van der Waals surface area contributed by atoms with Gasteiger partial charge in [0.25, 0.3) is 0 Å². The van der Waals surface area contributed by atoms with E-state index >= 15 is 0 Å². The number of nitrogens with one attached hydrogen (secondary N) is 1. The summed E-state index contributed by atoms with van der Waals surface area (Å²) >= 11 is 5.85. The third-order valence-corrected chi connectivity index (χ3v) is 3.91. The minimum atomic E-state index is -0.947. The number of esters is 1. The Morgan fingerprint density at radius 3 is 2.19 bits per heavy atom. The number of ether oxygens (including phenoxy) is 1. The summed E-state index contributed by atoms with van der Waals surface area (Å²) in [5, 5.41) is 3.16. The Balaban J connectivity index is 2.01. The van der Waals surface area contributed by atoms with E-state index in [-0.39, 0.29) is 23.2 Å². The van der Waals surface area contributed by atoms with Crippen molar-refractivity contribution in [2.45, 2.75) is 26.9 Å². The molecule has 1 amide bonds. The van der Waals surface area contributed by atoms with Gasteiger partial charge in [-0.05, 0) is 49.4 Å². The van der Waals surface area contributed by atoms with Crippen LogP contribution in [0.25, 0.3) is 0 Å². The molecule has 0 aliphatic carbocycles. The molecule has 1 atom stereocenters. The molecule has 2 aromatic carbocycles. The van der Waals surface area contributed by atoms with Gasteiger partial charge in [0.15, 0.2) is 6.10 Å². The van der Waals surface area contributed by atoms with Gasteiger partial charge < -0.3 is 10.1 Å². The fourth-order valence-electron chi connectivity index (χ4n) is 2.14. The highest BCUT2D eigenvalue weighted by Gasteiger charge is 2.20. The maximum Gasteiger partial charge on any atom is 0.338 e. The quantitative estimate of drug-likeness (QED) is 0.603. The van der Waals surface area contributed by atoms with Gasteiger partial charge in [-0.15, -0.1) is 0 Å². The molecule has 5 nitrogen and oxygen atoms in total. The number of amides is 1. The number of carbonyl (C=O) groups excluding carboxylic acids is 3. The van der Waals surface area contributed by atoms with Gasteiger partial charge in [0.1, 0.15) is 0 Å². The van der Waals surface area contributed by atoms with E-state index < -0.39 is 12.1 Å². The zero-order valence-electron chi connectivity index (χ0n) is 14.8. The average molecular weight is 374 g/mol. The highest BCUT2D eigenvalue weighted by atomic mass is 35.5. The number of ketones is 1. The summed E-state index contributed by atoms with van der Waals surface area (Å²) in [5.74, 6) is -1.19. The normalized spacial score (nSPS) is 11.7. The largest absolute Gasteiger partial charge is 0.451 e.